The molecule has 27 heavy (non-hydrogen) atoms. The summed E-state index contributed by atoms with van der Waals surface area (Å²) in [5.41, 5.74) is 0. The van der Waals surface area contributed by atoms with E-state index in [4.69, 9.17) is 0 Å². The molecule has 2 aliphatic heterocycles. The predicted octanol–water partition coefficient (Wildman–Crippen LogP) is 1.44. The zero-order valence-corrected chi connectivity index (χ0v) is 16.0. The van der Waals surface area contributed by atoms with Crippen molar-refractivity contribution >= 4 is 27.8 Å². The Kier molecular flexibility index (Phi) is 5.66. The average Bonchev–Trinajstić information content (AvgIpc) is 3.17. The van der Waals surface area contributed by atoms with Crippen LogP contribution in [-0.4, -0.2) is 65.9 Å². The zero-order valence-electron chi connectivity index (χ0n) is 15.2. The van der Waals surface area contributed by atoms with Crippen molar-refractivity contribution in [3.63, 3.8) is 0 Å². The average molecular weight is 396 g/mol. The van der Waals surface area contributed by atoms with Gasteiger partial charge in [-0.15, -0.1) is 0 Å². The number of sulfonamides is 1. The predicted molar refractivity (Wildman–Crippen MR) is 97.7 cm³/mol. The molecule has 2 atom stereocenters. The van der Waals surface area contributed by atoms with E-state index < -0.39 is 27.9 Å². The van der Waals surface area contributed by atoms with E-state index in [0.717, 1.165) is 12.8 Å². The van der Waals surface area contributed by atoms with E-state index in [9.17, 15) is 23.1 Å². The van der Waals surface area contributed by atoms with E-state index in [1.165, 1.54) is 27.5 Å². The van der Waals surface area contributed by atoms with Gasteiger partial charge in [0, 0.05) is 38.4 Å². The van der Waals surface area contributed by atoms with Gasteiger partial charge in [0.25, 0.3) is 0 Å². The minimum Gasteiger partial charge on any atom is -0.481 e. The highest BCUT2D eigenvalue weighted by Crippen LogP contribution is 2.24. The van der Waals surface area contributed by atoms with E-state index in [0.29, 0.717) is 26.1 Å². The van der Waals surface area contributed by atoms with Gasteiger partial charge in [-0.2, -0.15) is 4.31 Å². The van der Waals surface area contributed by atoms with Crippen molar-refractivity contribution in [3.8, 4) is 0 Å². The van der Waals surface area contributed by atoms with Crippen LogP contribution in [0.2, 0.25) is 0 Å². The van der Waals surface area contributed by atoms with Crippen LogP contribution >= 0.6 is 0 Å². The first-order valence-electron chi connectivity index (χ1n) is 9.02. The van der Waals surface area contributed by atoms with Crippen LogP contribution in [0, 0.1) is 11.8 Å². The lowest BCUT2D eigenvalue weighted by atomic mass is 9.91. The first-order chi connectivity index (χ1) is 12.8. The SMILES string of the molecule is CC1CC(C(=O)O)CN(C(=O)Nc2cc(S(=O)(=O)N3CCCC3)ccn2)C1. The number of rotatable bonds is 4. The number of piperidine rings is 1. The molecule has 1 aromatic rings. The van der Waals surface area contributed by atoms with E-state index in [-0.39, 0.29) is 23.2 Å². The number of amides is 2. The number of anilines is 1. The van der Waals surface area contributed by atoms with E-state index in [1.54, 1.807) is 0 Å². The molecule has 2 amide bonds. The Labute approximate surface area is 158 Å². The van der Waals surface area contributed by atoms with Crippen molar-refractivity contribution in [1.82, 2.24) is 14.2 Å². The summed E-state index contributed by atoms with van der Waals surface area (Å²) in [5.74, 6) is -1.32. The van der Waals surface area contributed by atoms with Gasteiger partial charge < -0.3 is 10.0 Å². The molecule has 9 nitrogen and oxygen atoms in total. The van der Waals surface area contributed by atoms with Gasteiger partial charge in [0.15, 0.2) is 0 Å². The quantitative estimate of drug-likeness (QED) is 0.795. The third-order valence-electron chi connectivity index (χ3n) is 4.97. The summed E-state index contributed by atoms with van der Waals surface area (Å²) in [6.07, 6.45) is 3.55. The van der Waals surface area contributed by atoms with Crippen molar-refractivity contribution in [1.29, 1.82) is 0 Å². The number of aromatic nitrogens is 1. The number of nitrogens with one attached hydrogen (secondary N) is 1. The highest BCUT2D eigenvalue weighted by atomic mass is 32.2. The summed E-state index contributed by atoms with van der Waals surface area (Å²) >= 11 is 0. The lowest BCUT2D eigenvalue weighted by Gasteiger charge is -2.34. The lowest BCUT2D eigenvalue weighted by molar-refractivity contribution is -0.143. The van der Waals surface area contributed by atoms with Crippen LogP contribution in [0.1, 0.15) is 26.2 Å². The molecular formula is C17H24N4O5S. The maximum atomic E-state index is 12.6. The van der Waals surface area contributed by atoms with E-state index >= 15 is 0 Å². The maximum absolute atomic E-state index is 12.6. The summed E-state index contributed by atoms with van der Waals surface area (Å²) in [6.45, 7) is 3.46. The van der Waals surface area contributed by atoms with Crippen molar-refractivity contribution in [2.75, 3.05) is 31.5 Å². The number of carbonyl (C=O) groups is 2. The zero-order chi connectivity index (χ0) is 19.6. The van der Waals surface area contributed by atoms with Crippen LogP contribution in [0.15, 0.2) is 23.2 Å². The summed E-state index contributed by atoms with van der Waals surface area (Å²) < 4.78 is 26.7. The highest BCUT2D eigenvalue weighted by Gasteiger charge is 2.32. The minimum atomic E-state index is -3.60. The van der Waals surface area contributed by atoms with Crippen LogP contribution in [0.3, 0.4) is 0 Å². The van der Waals surface area contributed by atoms with Crippen LogP contribution in [-0.2, 0) is 14.8 Å². The number of likely N-dealkylation sites (tertiary alicyclic amines) is 1. The number of pyridine rings is 1. The van der Waals surface area contributed by atoms with Gasteiger partial charge in [0.1, 0.15) is 5.82 Å². The topological polar surface area (TPSA) is 120 Å². The fraction of sp³-hybridized carbons (Fsp3) is 0.588. The minimum absolute atomic E-state index is 0.0698. The summed E-state index contributed by atoms with van der Waals surface area (Å²) in [6, 6.07) is 2.27. The molecule has 0 aliphatic carbocycles. The number of hydrogen-bond acceptors (Lipinski definition) is 5. The number of carboxylic acids is 1. The molecule has 10 heteroatoms. The molecule has 2 N–H and O–H groups in total. The van der Waals surface area contributed by atoms with Crippen molar-refractivity contribution in [2.45, 2.75) is 31.1 Å². The maximum Gasteiger partial charge on any atom is 0.323 e. The molecule has 2 unspecified atom stereocenters. The number of carboxylic acid groups (broad SMARTS) is 1. The Morgan fingerprint density at radius 3 is 2.63 bits per heavy atom. The van der Waals surface area contributed by atoms with E-state index in [2.05, 4.69) is 10.3 Å². The molecule has 0 bridgehead atoms. The molecule has 148 valence electrons. The van der Waals surface area contributed by atoms with Gasteiger partial charge in [0.05, 0.1) is 10.8 Å². The second-order valence-corrected chi connectivity index (χ2v) is 9.14. The molecule has 2 fully saturated rings. The number of nitrogens with zero attached hydrogens (tertiary/aromatic N) is 3. The Morgan fingerprint density at radius 2 is 1.96 bits per heavy atom. The van der Waals surface area contributed by atoms with Crippen molar-refractivity contribution in [3.05, 3.63) is 18.3 Å². The molecular weight excluding hydrogens is 372 g/mol. The van der Waals surface area contributed by atoms with Gasteiger partial charge in [-0.1, -0.05) is 6.92 Å². The summed E-state index contributed by atoms with van der Waals surface area (Å²) in [7, 11) is -3.60. The molecule has 3 rings (SSSR count). The first kappa shape index (κ1) is 19.6. The monoisotopic (exact) mass is 396 g/mol. The molecule has 2 saturated heterocycles. The third kappa shape index (κ3) is 4.38. The van der Waals surface area contributed by atoms with Crippen LogP contribution < -0.4 is 5.32 Å². The molecule has 0 radical (unpaired) electrons. The smallest absolute Gasteiger partial charge is 0.323 e. The highest BCUT2D eigenvalue weighted by molar-refractivity contribution is 7.89. The third-order valence-corrected chi connectivity index (χ3v) is 6.86. The van der Waals surface area contributed by atoms with Crippen LogP contribution in [0.25, 0.3) is 0 Å². The number of urea groups is 1. The molecule has 1 aromatic heterocycles. The largest absolute Gasteiger partial charge is 0.481 e. The fourth-order valence-corrected chi connectivity index (χ4v) is 5.13. The molecule has 0 aromatic carbocycles. The molecule has 0 saturated carbocycles. The lowest BCUT2D eigenvalue weighted by Crippen LogP contribution is -2.47. The van der Waals surface area contributed by atoms with Crippen LogP contribution in [0.5, 0.6) is 0 Å². The number of aliphatic carboxylic acids is 1. The Hall–Kier alpha value is -2.20. The molecule has 3 heterocycles. The molecule has 0 spiro atoms. The van der Waals surface area contributed by atoms with Gasteiger partial charge >= 0.3 is 12.0 Å². The molecule has 2 aliphatic rings. The van der Waals surface area contributed by atoms with Crippen molar-refractivity contribution < 1.29 is 23.1 Å². The summed E-state index contributed by atoms with van der Waals surface area (Å²) in [4.78, 5) is 29.3. The van der Waals surface area contributed by atoms with Gasteiger partial charge in [-0.3, -0.25) is 10.1 Å². The normalized spacial score (nSPS) is 24.0. The van der Waals surface area contributed by atoms with Crippen LogP contribution in [0.4, 0.5) is 10.6 Å². The Bertz CT molecular complexity index is 822. The van der Waals surface area contributed by atoms with Gasteiger partial charge in [-0.25, -0.2) is 18.2 Å². The summed E-state index contributed by atoms with van der Waals surface area (Å²) in [5, 5.41) is 11.8. The Morgan fingerprint density at radius 1 is 1.26 bits per heavy atom. The van der Waals surface area contributed by atoms with Crippen molar-refractivity contribution in [2.24, 2.45) is 11.8 Å². The second-order valence-electron chi connectivity index (χ2n) is 7.20. The Balaban J connectivity index is 1.72. The fourth-order valence-electron chi connectivity index (χ4n) is 3.60. The first-order valence-corrected chi connectivity index (χ1v) is 10.5. The van der Waals surface area contributed by atoms with E-state index in [1.807, 2.05) is 6.92 Å². The number of carbonyl (C=O) groups excluding carboxylic acids is 1. The number of hydrogen-bond donors (Lipinski definition) is 2. The standard InChI is InChI=1S/C17H24N4O5S/c1-12-8-13(16(22)23)11-20(10-12)17(24)19-15-9-14(4-5-18-15)27(25,26)21-6-2-3-7-21/h4-5,9,12-13H,2-3,6-8,10-11H2,1H3,(H,22,23)(H,18,19,24). The van der Waals surface area contributed by atoms with Gasteiger partial charge in [-0.05, 0) is 31.2 Å². The van der Waals surface area contributed by atoms with Gasteiger partial charge in [0.2, 0.25) is 10.0 Å². The second kappa shape index (κ2) is 7.81.